The zero-order valence-corrected chi connectivity index (χ0v) is 17.1. The summed E-state index contributed by atoms with van der Waals surface area (Å²) in [6.07, 6.45) is 5.44. The molecule has 2 aromatic heterocycles. The first-order valence-corrected chi connectivity index (χ1v) is 10.6. The molecule has 2 unspecified atom stereocenters. The Morgan fingerprint density at radius 1 is 1.28 bits per heavy atom. The molecule has 2 fully saturated rings. The van der Waals surface area contributed by atoms with Gasteiger partial charge in [0.1, 0.15) is 11.9 Å². The molecule has 2 saturated heterocycles. The third kappa shape index (κ3) is 3.28. The molecule has 9 heteroatoms. The standard InChI is InChI=1S/C20H23FN6OS/c1-26-10-12(9-22-26)11-3-5-14(17(28)7-11)19-24-25-20(29-19)27(2)16-8-13-4-6-15(23-13)18(16)21/h3,5,7,9-10,13,15-16,18,23,28H,4,6,8H2,1-2H3/t13?,15?,16-,18+/m0/s1. The molecule has 4 heterocycles. The van der Waals surface area contributed by atoms with Gasteiger partial charge in [0.05, 0.1) is 17.8 Å². The summed E-state index contributed by atoms with van der Waals surface area (Å²) in [5, 5.41) is 27.9. The van der Waals surface area contributed by atoms with Crippen LogP contribution in [0.2, 0.25) is 0 Å². The Bertz CT molecular complexity index is 1040. The van der Waals surface area contributed by atoms with E-state index in [1.165, 1.54) is 11.3 Å². The minimum atomic E-state index is -0.918. The van der Waals surface area contributed by atoms with Crippen molar-refractivity contribution in [1.82, 2.24) is 25.3 Å². The molecule has 152 valence electrons. The van der Waals surface area contributed by atoms with E-state index in [0.29, 0.717) is 21.7 Å². The second-order valence-electron chi connectivity index (χ2n) is 7.93. The number of nitrogens with zero attached hydrogens (tertiary/aromatic N) is 5. The van der Waals surface area contributed by atoms with Crippen LogP contribution in [0.1, 0.15) is 19.3 Å². The fourth-order valence-electron chi connectivity index (χ4n) is 4.42. The molecule has 5 rings (SSSR count). The summed E-state index contributed by atoms with van der Waals surface area (Å²) >= 11 is 1.37. The number of halogens is 1. The number of rotatable bonds is 4. The van der Waals surface area contributed by atoms with Crippen LogP contribution in [0, 0.1) is 0 Å². The highest BCUT2D eigenvalue weighted by Gasteiger charge is 2.44. The first-order chi connectivity index (χ1) is 14.0. The van der Waals surface area contributed by atoms with E-state index in [0.717, 1.165) is 30.4 Å². The van der Waals surface area contributed by atoms with Crippen molar-refractivity contribution in [2.75, 3.05) is 11.9 Å². The molecule has 2 aliphatic heterocycles. The van der Waals surface area contributed by atoms with Crippen LogP contribution in [0.25, 0.3) is 21.7 Å². The predicted octanol–water partition coefficient (Wildman–Crippen LogP) is 2.98. The van der Waals surface area contributed by atoms with Crippen molar-refractivity contribution in [3.05, 3.63) is 30.6 Å². The summed E-state index contributed by atoms with van der Waals surface area (Å²) in [4.78, 5) is 1.92. The summed E-state index contributed by atoms with van der Waals surface area (Å²) in [5.74, 6) is 0.139. The van der Waals surface area contributed by atoms with Crippen molar-refractivity contribution < 1.29 is 9.50 Å². The van der Waals surface area contributed by atoms with Gasteiger partial charge in [-0.2, -0.15) is 5.10 Å². The second kappa shape index (κ2) is 7.07. The summed E-state index contributed by atoms with van der Waals surface area (Å²) in [5.41, 5.74) is 2.44. The van der Waals surface area contributed by atoms with E-state index >= 15 is 0 Å². The fourth-order valence-corrected chi connectivity index (χ4v) is 5.32. The lowest BCUT2D eigenvalue weighted by atomic mass is 9.97. The van der Waals surface area contributed by atoms with E-state index in [1.54, 1.807) is 16.9 Å². The normalized spacial score (nSPS) is 26.0. The SMILES string of the molecule is CN(c1nnc(-c2ccc(-c3cnn(C)c3)cc2O)s1)[C@H]1CC2CCC(N2)[C@H]1F. The highest BCUT2D eigenvalue weighted by Crippen LogP contribution is 2.39. The summed E-state index contributed by atoms with van der Waals surface area (Å²) < 4.78 is 16.6. The molecule has 7 nitrogen and oxygen atoms in total. The van der Waals surface area contributed by atoms with Crippen molar-refractivity contribution in [2.24, 2.45) is 7.05 Å². The van der Waals surface area contributed by atoms with Crippen molar-refractivity contribution >= 4 is 16.5 Å². The predicted molar refractivity (Wildman–Crippen MR) is 111 cm³/mol. The fraction of sp³-hybridized carbons (Fsp3) is 0.450. The van der Waals surface area contributed by atoms with Gasteiger partial charge >= 0.3 is 0 Å². The summed E-state index contributed by atoms with van der Waals surface area (Å²) in [7, 11) is 3.74. The van der Waals surface area contributed by atoms with Crippen LogP contribution in [0.3, 0.4) is 0 Å². The van der Waals surface area contributed by atoms with Crippen LogP contribution >= 0.6 is 11.3 Å². The first-order valence-electron chi connectivity index (χ1n) is 9.78. The number of piperidine rings is 1. The Labute approximate surface area is 172 Å². The quantitative estimate of drug-likeness (QED) is 0.683. The Balaban J connectivity index is 1.38. The molecule has 0 radical (unpaired) electrons. The molecular weight excluding hydrogens is 391 g/mol. The van der Waals surface area contributed by atoms with Crippen molar-refractivity contribution in [3.8, 4) is 27.4 Å². The lowest BCUT2D eigenvalue weighted by molar-refractivity contribution is 0.176. The topological polar surface area (TPSA) is 79.1 Å². The Hall–Kier alpha value is -2.52. The van der Waals surface area contributed by atoms with Crippen molar-refractivity contribution in [3.63, 3.8) is 0 Å². The number of aryl methyl sites for hydroxylation is 1. The zero-order chi connectivity index (χ0) is 20.1. The highest BCUT2D eigenvalue weighted by atomic mass is 32.1. The molecule has 0 saturated carbocycles. The summed E-state index contributed by atoms with van der Waals surface area (Å²) in [6, 6.07) is 5.60. The molecule has 2 bridgehead atoms. The monoisotopic (exact) mass is 414 g/mol. The molecule has 1 aromatic carbocycles. The largest absolute Gasteiger partial charge is 0.507 e. The Morgan fingerprint density at radius 3 is 2.90 bits per heavy atom. The maximum atomic E-state index is 14.9. The van der Waals surface area contributed by atoms with E-state index in [1.807, 2.05) is 37.3 Å². The van der Waals surface area contributed by atoms with Crippen molar-refractivity contribution in [2.45, 2.75) is 43.6 Å². The molecule has 29 heavy (non-hydrogen) atoms. The maximum Gasteiger partial charge on any atom is 0.208 e. The third-order valence-corrected chi connectivity index (χ3v) is 7.08. The Kier molecular flexibility index (Phi) is 4.51. The molecular formula is C20H23FN6OS. The number of hydrogen-bond acceptors (Lipinski definition) is 7. The number of aromatic nitrogens is 4. The van der Waals surface area contributed by atoms with Gasteiger partial charge in [-0.25, -0.2) is 4.39 Å². The van der Waals surface area contributed by atoms with Gasteiger partial charge in [0, 0.05) is 37.9 Å². The maximum absolute atomic E-state index is 14.9. The van der Waals surface area contributed by atoms with E-state index in [2.05, 4.69) is 20.6 Å². The average molecular weight is 415 g/mol. The van der Waals surface area contributed by atoms with E-state index in [4.69, 9.17) is 0 Å². The molecule has 2 N–H and O–H groups in total. The molecule has 0 spiro atoms. The number of hydrogen-bond donors (Lipinski definition) is 2. The van der Waals surface area contributed by atoms with Crippen LogP contribution in [0.5, 0.6) is 5.75 Å². The van der Waals surface area contributed by atoms with Gasteiger partial charge in [0.25, 0.3) is 0 Å². The van der Waals surface area contributed by atoms with Gasteiger partial charge in [-0.3, -0.25) is 4.68 Å². The van der Waals surface area contributed by atoms with Gasteiger partial charge in [-0.1, -0.05) is 17.4 Å². The van der Waals surface area contributed by atoms with Gasteiger partial charge in [-0.05, 0) is 37.0 Å². The molecule has 3 aromatic rings. The number of anilines is 1. The van der Waals surface area contributed by atoms with Gasteiger partial charge < -0.3 is 15.3 Å². The van der Waals surface area contributed by atoms with Crippen LogP contribution in [0.4, 0.5) is 9.52 Å². The molecule has 2 aliphatic rings. The lowest BCUT2D eigenvalue weighted by Gasteiger charge is -2.38. The number of phenolic OH excluding ortho intramolecular Hbond substituents is 1. The molecule has 0 amide bonds. The number of phenols is 1. The minimum absolute atomic E-state index is 0.0577. The summed E-state index contributed by atoms with van der Waals surface area (Å²) in [6.45, 7) is 0. The molecule has 4 atom stereocenters. The van der Waals surface area contributed by atoms with Crippen LogP contribution in [-0.4, -0.2) is 56.4 Å². The first kappa shape index (κ1) is 18.5. The highest BCUT2D eigenvalue weighted by molar-refractivity contribution is 7.18. The van der Waals surface area contributed by atoms with Crippen LogP contribution in [0.15, 0.2) is 30.6 Å². The zero-order valence-electron chi connectivity index (χ0n) is 16.3. The number of benzene rings is 1. The van der Waals surface area contributed by atoms with Gasteiger partial charge in [0.15, 0.2) is 5.01 Å². The number of aromatic hydroxyl groups is 1. The smallest absolute Gasteiger partial charge is 0.208 e. The Morgan fingerprint density at radius 2 is 2.14 bits per heavy atom. The van der Waals surface area contributed by atoms with E-state index in [9.17, 15) is 9.50 Å². The number of alkyl halides is 1. The van der Waals surface area contributed by atoms with E-state index < -0.39 is 6.17 Å². The van der Waals surface area contributed by atoms with Crippen molar-refractivity contribution in [1.29, 1.82) is 0 Å². The third-order valence-electron chi connectivity index (χ3n) is 6.03. The average Bonchev–Trinajstić information content (AvgIpc) is 3.44. The van der Waals surface area contributed by atoms with Gasteiger partial charge in [0.2, 0.25) is 5.13 Å². The van der Waals surface area contributed by atoms with Crippen LogP contribution in [-0.2, 0) is 7.05 Å². The number of nitrogens with one attached hydrogen (secondary N) is 1. The molecule has 0 aliphatic carbocycles. The number of fused-ring (bicyclic) bond motifs is 2. The second-order valence-corrected chi connectivity index (χ2v) is 8.89. The minimum Gasteiger partial charge on any atom is -0.507 e. The lowest BCUT2D eigenvalue weighted by Crippen LogP contribution is -2.55. The van der Waals surface area contributed by atoms with E-state index in [-0.39, 0.29) is 17.8 Å². The van der Waals surface area contributed by atoms with Crippen LogP contribution < -0.4 is 10.2 Å². The van der Waals surface area contributed by atoms with Gasteiger partial charge in [-0.15, -0.1) is 10.2 Å².